The molecule has 0 fully saturated rings. The van der Waals surface area contributed by atoms with E-state index in [1.54, 1.807) is 0 Å². The molecule has 0 amide bonds. The van der Waals surface area contributed by atoms with Crippen LogP contribution in [0.5, 0.6) is 0 Å². The van der Waals surface area contributed by atoms with Crippen LogP contribution in [0.2, 0.25) is 0 Å². The molecule has 0 spiro atoms. The zero-order chi connectivity index (χ0) is 18.1. The summed E-state index contributed by atoms with van der Waals surface area (Å²) in [6.07, 6.45) is 0. The molecule has 3 nitrogen and oxygen atoms in total. The maximum atomic E-state index is 6.00. The zero-order valence-electron chi connectivity index (χ0n) is 14.6. The Balaban J connectivity index is 1.58. The van der Waals surface area contributed by atoms with Crippen molar-refractivity contribution in [1.29, 1.82) is 0 Å². The molecule has 5 rings (SSSR count). The van der Waals surface area contributed by atoms with E-state index in [1.165, 1.54) is 0 Å². The standard InChI is InChI=1S/C24H18N2O/c1-2-9-17(10-3-1)25-19-12-5-6-13-20(19)26-21-14-8-16-23-24(21)18-11-4-7-15-22(18)27-23/h1-16,25-26H. The molecular weight excluding hydrogens is 332 g/mol. The van der Waals surface area contributed by atoms with Gasteiger partial charge in [-0.3, -0.25) is 0 Å². The minimum Gasteiger partial charge on any atom is -0.456 e. The second kappa shape index (κ2) is 6.54. The Kier molecular flexibility index (Phi) is 3.76. The van der Waals surface area contributed by atoms with Crippen molar-refractivity contribution in [2.24, 2.45) is 0 Å². The van der Waals surface area contributed by atoms with Crippen LogP contribution in [0, 0.1) is 0 Å². The van der Waals surface area contributed by atoms with Crippen molar-refractivity contribution >= 4 is 44.7 Å². The normalized spacial score (nSPS) is 11.0. The summed E-state index contributed by atoms with van der Waals surface area (Å²) in [5.74, 6) is 0. The number of furan rings is 1. The molecular formula is C24H18N2O. The van der Waals surface area contributed by atoms with Crippen molar-refractivity contribution in [2.45, 2.75) is 0 Å². The predicted molar refractivity (Wildman–Crippen MR) is 113 cm³/mol. The monoisotopic (exact) mass is 350 g/mol. The van der Waals surface area contributed by atoms with Gasteiger partial charge in [0.2, 0.25) is 0 Å². The van der Waals surface area contributed by atoms with Gasteiger partial charge in [0.15, 0.2) is 0 Å². The van der Waals surface area contributed by atoms with E-state index in [0.29, 0.717) is 0 Å². The summed E-state index contributed by atoms with van der Waals surface area (Å²) in [4.78, 5) is 0. The third-order valence-corrected chi connectivity index (χ3v) is 4.65. The molecule has 130 valence electrons. The van der Waals surface area contributed by atoms with E-state index in [-0.39, 0.29) is 0 Å². The van der Waals surface area contributed by atoms with Crippen molar-refractivity contribution in [3.63, 3.8) is 0 Å². The van der Waals surface area contributed by atoms with Gasteiger partial charge in [-0.2, -0.15) is 0 Å². The fraction of sp³-hybridized carbons (Fsp3) is 0. The summed E-state index contributed by atoms with van der Waals surface area (Å²) < 4.78 is 6.00. The van der Waals surface area contributed by atoms with E-state index in [4.69, 9.17) is 4.42 Å². The molecule has 2 N–H and O–H groups in total. The van der Waals surface area contributed by atoms with E-state index in [0.717, 1.165) is 44.7 Å². The van der Waals surface area contributed by atoms with Crippen molar-refractivity contribution in [3.05, 3.63) is 97.1 Å². The molecule has 0 aliphatic rings. The number of hydrogen-bond acceptors (Lipinski definition) is 3. The van der Waals surface area contributed by atoms with Gasteiger partial charge in [-0.1, -0.05) is 54.6 Å². The van der Waals surface area contributed by atoms with Crippen LogP contribution in [0.25, 0.3) is 21.9 Å². The second-order valence-corrected chi connectivity index (χ2v) is 6.44. The Morgan fingerprint density at radius 3 is 1.96 bits per heavy atom. The topological polar surface area (TPSA) is 37.2 Å². The molecule has 0 atom stereocenters. The fourth-order valence-corrected chi connectivity index (χ4v) is 3.40. The van der Waals surface area contributed by atoms with Gasteiger partial charge in [0.05, 0.1) is 22.4 Å². The van der Waals surface area contributed by atoms with Crippen LogP contribution in [0.1, 0.15) is 0 Å². The van der Waals surface area contributed by atoms with Crippen molar-refractivity contribution in [3.8, 4) is 0 Å². The summed E-state index contributed by atoms with van der Waals surface area (Å²) in [6.45, 7) is 0. The first-order chi connectivity index (χ1) is 13.4. The first-order valence-corrected chi connectivity index (χ1v) is 8.97. The Labute approximate surface area is 157 Å². The molecule has 4 aromatic carbocycles. The SMILES string of the molecule is c1ccc(Nc2ccccc2Nc2cccc3oc4ccccc4c23)cc1. The molecule has 1 heterocycles. The molecule has 3 heteroatoms. The summed E-state index contributed by atoms with van der Waals surface area (Å²) >= 11 is 0. The summed E-state index contributed by atoms with van der Waals surface area (Å²) in [7, 11) is 0. The van der Waals surface area contributed by atoms with Gasteiger partial charge in [-0.25, -0.2) is 0 Å². The maximum absolute atomic E-state index is 6.00. The van der Waals surface area contributed by atoms with Gasteiger partial charge in [-0.05, 0) is 42.5 Å². The number of fused-ring (bicyclic) bond motifs is 3. The van der Waals surface area contributed by atoms with Crippen LogP contribution in [0.15, 0.2) is 101 Å². The number of nitrogens with one attached hydrogen (secondary N) is 2. The highest BCUT2D eigenvalue weighted by Gasteiger charge is 2.11. The van der Waals surface area contributed by atoms with E-state index in [9.17, 15) is 0 Å². The zero-order valence-corrected chi connectivity index (χ0v) is 14.6. The predicted octanol–water partition coefficient (Wildman–Crippen LogP) is 7.07. The number of anilines is 4. The highest BCUT2D eigenvalue weighted by molar-refractivity contribution is 6.12. The lowest BCUT2D eigenvalue weighted by Crippen LogP contribution is -1.97. The first kappa shape index (κ1) is 15.5. The van der Waals surface area contributed by atoms with Gasteiger partial charge < -0.3 is 15.1 Å². The molecule has 0 saturated carbocycles. The maximum Gasteiger partial charge on any atom is 0.137 e. The fourth-order valence-electron chi connectivity index (χ4n) is 3.40. The number of benzene rings is 4. The smallest absolute Gasteiger partial charge is 0.137 e. The van der Waals surface area contributed by atoms with Crippen LogP contribution < -0.4 is 10.6 Å². The second-order valence-electron chi connectivity index (χ2n) is 6.44. The lowest BCUT2D eigenvalue weighted by atomic mass is 10.1. The summed E-state index contributed by atoms with van der Waals surface area (Å²) in [5, 5.41) is 9.29. The third-order valence-electron chi connectivity index (χ3n) is 4.65. The Morgan fingerprint density at radius 2 is 1.11 bits per heavy atom. The van der Waals surface area contributed by atoms with Crippen LogP contribution in [-0.4, -0.2) is 0 Å². The molecule has 27 heavy (non-hydrogen) atoms. The van der Waals surface area contributed by atoms with Crippen LogP contribution in [0.4, 0.5) is 22.7 Å². The largest absolute Gasteiger partial charge is 0.456 e. The Morgan fingerprint density at radius 1 is 0.481 bits per heavy atom. The number of hydrogen-bond donors (Lipinski definition) is 2. The Bertz CT molecular complexity index is 1230. The van der Waals surface area contributed by atoms with E-state index >= 15 is 0 Å². The average molecular weight is 350 g/mol. The lowest BCUT2D eigenvalue weighted by molar-refractivity contribution is 0.669. The minimum atomic E-state index is 0.884. The van der Waals surface area contributed by atoms with E-state index < -0.39 is 0 Å². The van der Waals surface area contributed by atoms with Gasteiger partial charge in [0, 0.05) is 11.1 Å². The van der Waals surface area contributed by atoms with Crippen LogP contribution in [0.3, 0.4) is 0 Å². The molecule has 0 aliphatic carbocycles. The van der Waals surface area contributed by atoms with Crippen LogP contribution in [-0.2, 0) is 0 Å². The van der Waals surface area contributed by atoms with Gasteiger partial charge in [0.25, 0.3) is 0 Å². The highest BCUT2D eigenvalue weighted by atomic mass is 16.3. The average Bonchev–Trinajstić information content (AvgIpc) is 3.10. The summed E-state index contributed by atoms with van der Waals surface area (Å²) in [6, 6.07) is 32.6. The van der Waals surface area contributed by atoms with E-state index in [2.05, 4.69) is 47.0 Å². The molecule has 0 saturated heterocycles. The molecule has 0 radical (unpaired) electrons. The molecule has 1 aromatic heterocycles. The summed E-state index contributed by atoms with van der Waals surface area (Å²) in [5.41, 5.74) is 5.90. The highest BCUT2D eigenvalue weighted by Crippen LogP contribution is 2.37. The van der Waals surface area contributed by atoms with Crippen molar-refractivity contribution in [1.82, 2.24) is 0 Å². The van der Waals surface area contributed by atoms with Gasteiger partial charge in [-0.15, -0.1) is 0 Å². The molecule has 0 aliphatic heterocycles. The lowest BCUT2D eigenvalue weighted by Gasteiger charge is -2.14. The van der Waals surface area contributed by atoms with Crippen LogP contribution >= 0.6 is 0 Å². The first-order valence-electron chi connectivity index (χ1n) is 8.97. The Hall–Kier alpha value is -3.72. The number of para-hydroxylation sites is 4. The number of rotatable bonds is 4. The molecule has 0 unspecified atom stereocenters. The quantitative estimate of drug-likeness (QED) is 0.364. The third kappa shape index (κ3) is 2.89. The minimum absolute atomic E-state index is 0.884. The molecule has 5 aromatic rings. The van der Waals surface area contributed by atoms with Gasteiger partial charge >= 0.3 is 0 Å². The van der Waals surface area contributed by atoms with Gasteiger partial charge in [0.1, 0.15) is 11.2 Å². The van der Waals surface area contributed by atoms with E-state index in [1.807, 2.05) is 60.7 Å². The molecule has 0 bridgehead atoms. The van der Waals surface area contributed by atoms with Crippen molar-refractivity contribution in [2.75, 3.05) is 10.6 Å². The van der Waals surface area contributed by atoms with Crippen molar-refractivity contribution < 1.29 is 4.42 Å².